The molecule has 0 bridgehead atoms. The summed E-state index contributed by atoms with van der Waals surface area (Å²) in [6.45, 7) is 4.82. The summed E-state index contributed by atoms with van der Waals surface area (Å²) < 4.78 is 11.1. The lowest BCUT2D eigenvalue weighted by Crippen LogP contribution is -2.42. The van der Waals surface area contributed by atoms with Crippen LogP contribution in [0.2, 0.25) is 0 Å². The molecule has 2 N–H and O–H groups in total. The standard InChI is InChI=1S/C30H33N3O4/c1-30(2)17-23-28(25(34)18-30)29(26-9-6-16-37-26)33(24-8-5-4-7-22(24)32-23)19-27(35)31-15-14-20-10-12-21(36-3)13-11-20/h4-13,16,29,32H,14-15,17-19H2,1-3H3,(H,31,35). The summed E-state index contributed by atoms with van der Waals surface area (Å²) in [5.74, 6) is 1.41. The van der Waals surface area contributed by atoms with Crippen molar-refractivity contribution in [2.24, 2.45) is 5.41 Å². The van der Waals surface area contributed by atoms with Crippen molar-refractivity contribution in [3.63, 3.8) is 0 Å². The molecule has 1 aliphatic heterocycles. The van der Waals surface area contributed by atoms with Gasteiger partial charge in [-0.05, 0) is 60.2 Å². The number of amides is 1. The molecule has 2 aromatic carbocycles. The van der Waals surface area contributed by atoms with Crippen LogP contribution in [0.3, 0.4) is 0 Å². The number of hydrogen-bond acceptors (Lipinski definition) is 6. The van der Waals surface area contributed by atoms with Crippen molar-refractivity contribution in [1.82, 2.24) is 5.32 Å². The summed E-state index contributed by atoms with van der Waals surface area (Å²) in [5.41, 5.74) is 4.27. The van der Waals surface area contributed by atoms with Crippen LogP contribution in [0.25, 0.3) is 0 Å². The third-order valence-electron chi connectivity index (χ3n) is 7.03. The minimum atomic E-state index is -0.503. The molecule has 1 unspecified atom stereocenters. The minimum Gasteiger partial charge on any atom is -0.497 e. The van der Waals surface area contributed by atoms with Crippen LogP contribution in [-0.2, 0) is 16.0 Å². The third kappa shape index (κ3) is 5.26. The summed E-state index contributed by atoms with van der Waals surface area (Å²) in [7, 11) is 1.64. The first-order chi connectivity index (χ1) is 17.8. The number of fused-ring (bicyclic) bond motifs is 1. The van der Waals surface area contributed by atoms with Gasteiger partial charge in [-0.15, -0.1) is 0 Å². The number of carbonyl (C=O) groups is 2. The maximum Gasteiger partial charge on any atom is 0.239 e. The Hall–Kier alpha value is -4.00. The lowest BCUT2D eigenvalue weighted by atomic mass is 9.74. The predicted molar refractivity (Wildman–Crippen MR) is 144 cm³/mol. The van der Waals surface area contributed by atoms with E-state index in [1.807, 2.05) is 65.6 Å². The lowest BCUT2D eigenvalue weighted by Gasteiger charge is -2.36. The largest absolute Gasteiger partial charge is 0.497 e. The zero-order valence-electron chi connectivity index (χ0n) is 21.5. The number of allylic oxidation sites excluding steroid dienone is 1. The molecule has 0 radical (unpaired) electrons. The van der Waals surface area contributed by atoms with E-state index in [2.05, 4.69) is 24.5 Å². The van der Waals surface area contributed by atoms with E-state index in [0.29, 0.717) is 30.7 Å². The van der Waals surface area contributed by atoms with Crippen molar-refractivity contribution < 1.29 is 18.7 Å². The number of nitrogens with one attached hydrogen (secondary N) is 2. The molecule has 1 amide bonds. The van der Waals surface area contributed by atoms with Gasteiger partial charge in [0.25, 0.3) is 0 Å². The molecule has 37 heavy (non-hydrogen) atoms. The average molecular weight is 500 g/mol. The Bertz CT molecular complexity index is 1310. The van der Waals surface area contributed by atoms with Crippen LogP contribution in [-0.4, -0.2) is 31.9 Å². The van der Waals surface area contributed by atoms with E-state index >= 15 is 0 Å². The molecule has 0 saturated carbocycles. The normalized spacial score (nSPS) is 18.4. The van der Waals surface area contributed by atoms with E-state index in [1.165, 1.54) is 0 Å². The summed E-state index contributed by atoms with van der Waals surface area (Å²) in [6.07, 6.45) is 3.51. The highest BCUT2D eigenvalue weighted by molar-refractivity contribution is 6.01. The first-order valence-electron chi connectivity index (χ1n) is 12.7. The van der Waals surface area contributed by atoms with E-state index in [9.17, 15) is 9.59 Å². The van der Waals surface area contributed by atoms with E-state index in [4.69, 9.17) is 9.15 Å². The van der Waals surface area contributed by atoms with Gasteiger partial charge in [0.05, 0.1) is 31.3 Å². The molecular weight excluding hydrogens is 466 g/mol. The Balaban J connectivity index is 1.43. The highest BCUT2D eigenvalue weighted by Gasteiger charge is 2.42. The Morgan fingerprint density at radius 2 is 1.89 bits per heavy atom. The molecule has 0 fully saturated rings. The van der Waals surface area contributed by atoms with Crippen LogP contribution in [0.4, 0.5) is 11.4 Å². The van der Waals surface area contributed by atoms with Gasteiger partial charge in [-0.2, -0.15) is 0 Å². The fourth-order valence-corrected chi connectivity index (χ4v) is 5.32. The maximum atomic E-state index is 13.6. The monoisotopic (exact) mass is 499 g/mol. The van der Waals surface area contributed by atoms with E-state index in [-0.39, 0.29) is 23.7 Å². The van der Waals surface area contributed by atoms with Crippen LogP contribution < -0.4 is 20.3 Å². The van der Waals surface area contributed by atoms with Gasteiger partial charge in [0.2, 0.25) is 5.91 Å². The zero-order chi connectivity index (χ0) is 26.0. The first-order valence-corrected chi connectivity index (χ1v) is 12.7. The van der Waals surface area contributed by atoms with Gasteiger partial charge >= 0.3 is 0 Å². The number of ether oxygens (including phenoxy) is 1. The fourth-order valence-electron chi connectivity index (χ4n) is 5.32. The van der Waals surface area contributed by atoms with E-state index in [0.717, 1.165) is 34.8 Å². The fraction of sp³-hybridized carbons (Fsp3) is 0.333. The van der Waals surface area contributed by atoms with Gasteiger partial charge in [-0.25, -0.2) is 0 Å². The third-order valence-corrected chi connectivity index (χ3v) is 7.03. The van der Waals surface area contributed by atoms with Crippen LogP contribution in [0.1, 0.15) is 44.1 Å². The molecule has 1 aromatic heterocycles. The van der Waals surface area contributed by atoms with Gasteiger partial charge in [-0.1, -0.05) is 38.1 Å². The Labute approximate surface area is 217 Å². The molecule has 2 heterocycles. The van der Waals surface area contributed by atoms with Crippen molar-refractivity contribution in [2.45, 2.75) is 39.2 Å². The number of hydrogen-bond donors (Lipinski definition) is 2. The molecular formula is C30H33N3O4. The second kappa shape index (κ2) is 10.2. The lowest BCUT2D eigenvalue weighted by molar-refractivity contribution is -0.120. The Morgan fingerprint density at radius 1 is 1.11 bits per heavy atom. The number of benzene rings is 2. The van der Waals surface area contributed by atoms with E-state index < -0.39 is 6.04 Å². The number of furan rings is 1. The Kier molecular flexibility index (Phi) is 6.78. The second-order valence-corrected chi connectivity index (χ2v) is 10.5. The van der Waals surface area contributed by atoms with Crippen LogP contribution in [0.5, 0.6) is 5.75 Å². The van der Waals surface area contributed by atoms with Crippen molar-refractivity contribution in [3.8, 4) is 5.75 Å². The quantitative estimate of drug-likeness (QED) is 0.461. The molecule has 1 atom stereocenters. The van der Waals surface area contributed by atoms with Gasteiger partial charge in [0.15, 0.2) is 5.78 Å². The highest BCUT2D eigenvalue weighted by Crippen LogP contribution is 2.48. The summed E-state index contributed by atoms with van der Waals surface area (Å²) in [5, 5.41) is 6.61. The maximum absolute atomic E-state index is 13.6. The molecule has 0 spiro atoms. The van der Waals surface area contributed by atoms with Crippen molar-refractivity contribution >= 4 is 23.1 Å². The number of anilines is 2. The highest BCUT2D eigenvalue weighted by atomic mass is 16.5. The summed E-state index contributed by atoms with van der Waals surface area (Å²) in [6, 6.07) is 18.9. The number of para-hydroxylation sites is 2. The number of carbonyl (C=O) groups excluding carboxylic acids is 2. The van der Waals surface area contributed by atoms with E-state index in [1.54, 1.807) is 13.4 Å². The number of nitrogens with zero attached hydrogens (tertiary/aromatic N) is 1. The van der Waals surface area contributed by atoms with Gasteiger partial charge in [-0.3, -0.25) is 9.59 Å². The first kappa shape index (κ1) is 24.7. The minimum absolute atomic E-state index is 0.0814. The summed E-state index contributed by atoms with van der Waals surface area (Å²) >= 11 is 0. The number of methoxy groups -OCH3 is 1. The molecule has 2 aliphatic rings. The van der Waals surface area contributed by atoms with Gasteiger partial charge in [0.1, 0.15) is 17.6 Å². The van der Waals surface area contributed by atoms with Crippen molar-refractivity contribution in [1.29, 1.82) is 0 Å². The topological polar surface area (TPSA) is 83.8 Å². The van der Waals surface area contributed by atoms with Gasteiger partial charge in [0, 0.05) is 24.2 Å². The van der Waals surface area contributed by atoms with Gasteiger partial charge < -0.3 is 24.7 Å². The molecule has 7 nitrogen and oxygen atoms in total. The molecule has 1 aliphatic carbocycles. The molecule has 0 saturated heterocycles. The number of rotatable bonds is 7. The van der Waals surface area contributed by atoms with Crippen LogP contribution in [0.15, 0.2) is 82.6 Å². The molecule has 7 heteroatoms. The van der Waals surface area contributed by atoms with Crippen molar-refractivity contribution in [2.75, 3.05) is 30.4 Å². The number of Topliss-reactive ketones (excluding diaryl/α,β-unsaturated/α-hetero) is 1. The zero-order valence-corrected chi connectivity index (χ0v) is 21.5. The average Bonchev–Trinajstić information content (AvgIpc) is 3.36. The number of ketones is 1. The molecule has 3 aromatic rings. The van der Waals surface area contributed by atoms with Crippen LogP contribution >= 0.6 is 0 Å². The second-order valence-electron chi connectivity index (χ2n) is 10.5. The van der Waals surface area contributed by atoms with Crippen molar-refractivity contribution in [3.05, 3.63) is 89.5 Å². The molecule has 5 rings (SSSR count). The summed E-state index contributed by atoms with van der Waals surface area (Å²) in [4.78, 5) is 28.8. The SMILES string of the molecule is COc1ccc(CCNC(=O)CN2c3ccccc3NC3=C(C(=O)CC(C)(C)C3)C2c2ccco2)cc1. The van der Waals surface area contributed by atoms with Crippen LogP contribution in [0, 0.1) is 5.41 Å². The Morgan fingerprint density at radius 3 is 2.62 bits per heavy atom. The smallest absolute Gasteiger partial charge is 0.239 e. The predicted octanol–water partition coefficient (Wildman–Crippen LogP) is 5.26. The molecule has 192 valence electrons.